The Balaban J connectivity index is 1.35. The van der Waals surface area contributed by atoms with E-state index in [1.165, 1.54) is 24.3 Å². The Morgan fingerprint density at radius 3 is 2.33 bits per heavy atom. The van der Waals surface area contributed by atoms with Crippen LogP contribution in [-0.2, 0) is 10.0 Å². The first kappa shape index (κ1) is 21.1. The van der Waals surface area contributed by atoms with Gasteiger partial charge in [-0.15, -0.1) is 0 Å². The number of carbonyl (C=O) groups is 1. The van der Waals surface area contributed by atoms with Gasteiger partial charge in [-0.1, -0.05) is 54.1 Å². The fourth-order valence-corrected chi connectivity index (χ4v) is 4.88. The molecule has 0 aliphatic rings. The minimum Gasteiger partial charge on any atom is -0.451 e. The number of carbonyl (C=O) groups excluding carboxylic acids is 1. The van der Waals surface area contributed by atoms with Crippen molar-refractivity contribution in [1.82, 2.24) is 0 Å². The second-order valence-electron chi connectivity index (χ2n) is 7.37. The van der Waals surface area contributed by atoms with Gasteiger partial charge in [0.2, 0.25) is 0 Å². The number of hydrogen-bond donors (Lipinski definition) is 2. The molecule has 0 unspecified atom stereocenters. The number of anilines is 2. The molecular weight excluding hydrogens is 460 g/mol. The van der Waals surface area contributed by atoms with E-state index in [-0.39, 0.29) is 16.3 Å². The third-order valence-electron chi connectivity index (χ3n) is 5.19. The first-order valence-electron chi connectivity index (χ1n) is 10.0. The molecule has 5 aromatic rings. The fourth-order valence-electron chi connectivity index (χ4n) is 3.56. The summed E-state index contributed by atoms with van der Waals surface area (Å²) in [6.07, 6.45) is 0. The van der Waals surface area contributed by atoms with E-state index in [1.54, 1.807) is 30.3 Å². The highest BCUT2D eigenvalue weighted by atomic mass is 35.5. The van der Waals surface area contributed by atoms with Crippen molar-refractivity contribution in [2.45, 2.75) is 4.90 Å². The van der Waals surface area contributed by atoms with Crippen LogP contribution in [0.2, 0.25) is 5.02 Å². The van der Waals surface area contributed by atoms with Crippen LogP contribution in [0.3, 0.4) is 0 Å². The number of amides is 1. The van der Waals surface area contributed by atoms with Gasteiger partial charge in [0.05, 0.1) is 15.6 Å². The fraction of sp³-hybridized carbons (Fsp3) is 0. The normalized spacial score (nSPS) is 11.5. The number of halogens is 1. The average molecular weight is 477 g/mol. The minimum atomic E-state index is -3.84. The van der Waals surface area contributed by atoms with Gasteiger partial charge in [-0.05, 0) is 59.3 Å². The molecule has 0 bridgehead atoms. The van der Waals surface area contributed by atoms with E-state index < -0.39 is 15.9 Å². The van der Waals surface area contributed by atoms with Crippen LogP contribution in [0.1, 0.15) is 10.6 Å². The molecule has 5 rings (SSSR count). The SMILES string of the molecule is O=C(Nc1ccc(S(=O)(=O)Nc2ccccc2Cl)cc1)c1cc2c(ccc3ccccc32)o1. The number of para-hydroxylation sites is 1. The van der Waals surface area contributed by atoms with Crippen molar-refractivity contribution in [1.29, 1.82) is 0 Å². The van der Waals surface area contributed by atoms with Crippen LogP contribution in [0.15, 0.2) is 100 Å². The lowest BCUT2D eigenvalue weighted by molar-refractivity contribution is 0.0998. The molecule has 0 fully saturated rings. The Hall–Kier alpha value is -3.81. The van der Waals surface area contributed by atoms with E-state index in [1.807, 2.05) is 36.4 Å². The van der Waals surface area contributed by atoms with Crippen LogP contribution in [0.25, 0.3) is 21.7 Å². The predicted octanol–water partition coefficient (Wildman–Crippen LogP) is 6.29. The maximum Gasteiger partial charge on any atom is 0.291 e. The molecular formula is C25H17ClN2O4S. The summed E-state index contributed by atoms with van der Waals surface area (Å²) in [5, 5.41) is 5.94. The minimum absolute atomic E-state index is 0.0376. The number of furan rings is 1. The Bertz CT molecular complexity index is 1610. The molecule has 0 atom stereocenters. The van der Waals surface area contributed by atoms with Gasteiger partial charge in [0.25, 0.3) is 15.9 Å². The molecule has 164 valence electrons. The van der Waals surface area contributed by atoms with E-state index in [9.17, 15) is 13.2 Å². The quantitative estimate of drug-likeness (QED) is 0.312. The second-order valence-corrected chi connectivity index (χ2v) is 9.46. The van der Waals surface area contributed by atoms with E-state index in [0.717, 1.165) is 16.2 Å². The molecule has 33 heavy (non-hydrogen) atoms. The first-order valence-corrected chi connectivity index (χ1v) is 11.9. The van der Waals surface area contributed by atoms with Gasteiger partial charge < -0.3 is 9.73 Å². The molecule has 0 saturated heterocycles. The predicted molar refractivity (Wildman–Crippen MR) is 130 cm³/mol. The molecule has 1 heterocycles. The summed E-state index contributed by atoms with van der Waals surface area (Å²) in [6, 6.07) is 25.7. The zero-order chi connectivity index (χ0) is 23.0. The molecule has 6 nitrogen and oxygen atoms in total. The van der Waals surface area contributed by atoms with Gasteiger partial charge >= 0.3 is 0 Å². The van der Waals surface area contributed by atoms with Gasteiger partial charge in [-0.3, -0.25) is 9.52 Å². The van der Waals surface area contributed by atoms with E-state index in [0.29, 0.717) is 16.3 Å². The summed E-state index contributed by atoms with van der Waals surface area (Å²) < 4.78 is 33.5. The van der Waals surface area contributed by atoms with Crippen LogP contribution >= 0.6 is 11.6 Å². The molecule has 2 N–H and O–H groups in total. The molecule has 1 aromatic heterocycles. The Kier molecular flexibility index (Phi) is 5.28. The average Bonchev–Trinajstić information content (AvgIpc) is 3.26. The maximum absolute atomic E-state index is 12.7. The standard InChI is InChI=1S/C25H17ClN2O4S/c26-21-7-3-4-8-22(21)28-33(30,31)18-12-10-17(11-13-18)27-25(29)24-15-20-19-6-2-1-5-16(19)9-14-23(20)32-24/h1-15,28H,(H,27,29). The summed E-state index contributed by atoms with van der Waals surface area (Å²) in [5.41, 5.74) is 1.34. The van der Waals surface area contributed by atoms with Crippen LogP contribution in [-0.4, -0.2) is 14.3 Å². The summed E-state index contributed by atoms with van der Waals surface area (Å²) in [5.74, 6) is -0.265. The number of hydrogen-bond acceptors (Lipinski definition) is 4. The number of rotatable bonds is 5. The Morgan fingerprint density at radius 2 is 1.55 bits per heavy atom. The van der Waals surface area contributed by atoms with Crippen LogP contribution < -0.4 is 10.0 Å². The van der Waals surface area contributed by atoms with Crippen molar-refractivity contribution in [3.05, 3.63) is 102 Å². The highest BCUT2D eigenvalue weighted by molar-refractivity contribution is 7.92. The topological polar surface area (TPSA) is 88.4 Å². The zero-order valence-electron chi connectivity index (χ0n) is 17.1. The number of benzene rings is 4. The second kappa shape index (κ2) is 8.27. The lowest BCUT2D eigenvalue weighted by Crippen LogP contribution is -2.14. The van der Waals surface area contributed by atoms with Crippen LogP contribution in [0.4, 0.5) is 11.4 Å². The Labute approximate surface area is 194 Å². The molecule has 0 spiro atoms. The van der Waals surface area contributed by atoms with Crippen molar-refractivity contribution >= 4 is 60.6 Å². The van der Waals surface area contributed by atoms with Gasteiger partial charge in [0, 0.05) is 11.1 Å². The van der Waals surface area contributed by atoms with Crippen molar-refractivity contribution in [3.8, 4) is 0 Å². The summed E-state index contributed by atoms with van der Waals surface area (Å²) in [6.45, 7) is 0. The third-order valence-corrected chi connectivity index (χ3v) is 6.90. The van der Waals surface area contributed by atoms with Crippen molar-refractivity contribution < 1.29 is 17.6 Å². The lowest BCUT2D eigenvalue weighted by Gasteiger charge is -2.10. The van der Waals surface area contributed by atoms with Gasteiger partial charge in [0.15, 0.2) is 5.76 Å². The monoisotopic (exact) mass is 476 g/mol. The zero-order valence-corrected chi connectivity index (χ0v) is 18.7. The van der Waals surface area contributed by atoms with E-state index in [2.05, 4.69) is 10.0 Å². The molecule has 0 aliphatic heterocycles. The molecule has 0 aliphatic carbocycles. The van der Waals surface area contributed by atoms with Crippen molar-refractivity contribution in [2.75, 3.05) is 10.0 Å². The number of nitrogens with one attached hydrogen (secondary N) is 2. The maximum atomic E-state index is 12.7. The van der Waals surface area contributed by atoms with Gasteiger partial charge in [-0.25, -0.2) is 8.42 Å². The van der Waals surface area contributed by atoms with E-state index >= 15 is 0 Å². The molecule has 8 heteroatoms. The number of fused-ring (bicyclic) bond motifs is 3. The van der Waals surface area contributed by atoms with Crippen LogP contribution in [0.5, 0.6) is 0 Å². The highest BCUT2D eigenvalue weighted by Gasteiger charge is 2.17. The lowest BCUT2D eigenvalue weighted by atomic mass is 10.1. The third kappa shape index (κ3) is 4.16. The molecule has 0 saturated carbocycles. The Morgan fingerprint density at radius 1 is 0.818 bits per heavy atom. The summed E-state index contributed by atoms with van der Waals surface area (Å²) >= 11 is 6.04. The van der Waals surface area contributed by atoms with E-state index in [4.69, 9.17) is 16.0 Å². The van der Waals surface area contributed by atoms with Crippen molar-refractivity contribution in [3.63, 3.8) is 0 Å². The van der Waals surface area contributed by atoms with Gasteiger partial charge in [0.1, 0.15) is 5.58 Å². The number of sulfonamides is 1. The first-order chi connectivity index (χ1) is 15.9. The smallest absolute Gasteiger partial charge is 0.291 e. The molecule has 0 radical (unpaired) electrons. The van der Waals surface area contributed by atoms with Gasteiger partial charge in [-0.2, -0.15) is 0 Å². The summed E-state index contributed by atoms with van der Waals surface area (Å²) in [4.78, 5) is 12.8. The largest absolute Gasteiger partial charge is 0.451 e. The molecule has 4 aromatic carbocycles. The van der Waals surface area contributed by atoms with Crippen LogP contribution in [0, 0.1) is 0 Å². The summed E-state index contributed by atoms with van der Waals surface area (Å²) in [7, 11) is -3.84. The highest BCUT2D eigenvalue weighted by Crippen LogP contribution is 2.29. The van der Waals surface area contributed by atoms with Crippen molar-refractivity contribution in [2.24, 2.45) is 0 Å². The molecule has 1 amide bonds.